The molecule has 0 aliphatic rings. The van der Waals surface area contributed by atoms with E-state index >= 15 is 0 Å². The Kier molecular flexibility index (Phi) is 4.34. The predicted molar refractivity (Wildman–Crippen MR) is 76.0 cm³/mol. The molecule has 0 fully saturated rings. The number of hydrogen-bond acceptors (Lipinski definition) is 3. The second kappa shape index (κ2) is 5.82. The lowest BCUT2D eigenvalue weighted by atomic mass is 10.3. The molecule has 7 heteroatoms. The van der Waals surface area contributed by atoms with Gasteiger partial charge in [-0.1, -0.05) is 34.8 Å². The summed E-state index contributed by atoms with van der Waals surface area (Å²) in [5, 5.41) is 4.70. The largest absolute Gasteiger partial charge is 0.490 e. The predicted octanol–water partition coefficient (Wildman–Crippen LogP) is 3.59. The molecule has 0 aliphatic carbocycles. The first kappa shape index (κ1) is 14.2. The van der Waals surface area contributed by atoms with E-state index in [1.54, 1.807) is 19.1 Å². The second-order valence-electron chi connectivity index (χ2n) is 3.57. The summed E-state index contributed by atoms with van der Waals surface area (Å²) in [4.78, 5) is 12.1. The summed E-state index contributed by atoms with van der Waals surface area (Å²) in [6.07, 6.45) is 1.38. The third-order valence-electron chi connectivity index (χ3n) is 2.33. The lowest BCUT2D eigenvalue weighted by Gasteiger charge is -2.09. The van der Waals surface area contributed by atoms with E-state index in [4.69, 9.17) is 39.5 Å². The maximum atomic E-state index is 12.1. The molecular formula is C12H9Cl3N2O2. The van der Waals surface area contributed by atoms with Gasteiger partial charge < -0.3 is 4.74 Å². The highest BCUT2D eigenvalue weighted by atomic mass is 35.5. The smallest absolute Gasteiger partial charge is 0.294 e. The topological polar surface area (TPSA) is 44.1 Å². The van der Waals surface area contributed by atoms with Gasteiger partial charge in [-0.25, -0.2) is 0 Å². The van der Waals surface area contributed by atoms with Crippen LogP contribution in [-0.2, 0) is 0 Å². The fourth-order valence-corrected chi connectivity index (χ4v) is 1.95. The van der Waals surface area contributed by atoms with Crippen LogP contribution in [0.15, 0.2) is 29.2 Å². The molecule has 0 bridgehead atoms. The van der Waals surface area contributed by atoms with Crippen LogP contribution < -0.4 is 10.3 Å². The average Bonchev–Trinajstić information content (AvgIpc) is 2.39. The zero-order chi connectivity index (χ0) is 14.0. The van der Waals surface area contributed by atoms with Crippen LogP contribution >= 0.6 is 34.8 Å². The highest BCUT2D eigenvalue weighted by Crippen LogP contribution is 2.24. The summed E-state index contributed by atoms with van der Waals surface area (Å²) in [5.74, 6) is 0.255. The fourth-order valence-electron chi connectivity index (χ4n) is 1.47. The summed E-state index contributed by atoms with van der Waals surface area (Å²) in [6.45, 7) is 2.19. The molecule has 1 aromatic heterocycles. The van der Waals surface area contributed by atoms with Gasteiger partial charge in [-0.3, -0.25) is 4.79 Å². The van der Waals surface area contributed by atoms with E-state index in [0.29, 0.717) is 22.3 Å². The molecule has 1 heterocycles. The Labute approximate surface area is 124 Å². The molecule has 2 rings (SSSR count). The molecule has 0 radical (unpaired) electrons. The Hall–Kier alpha value is -1.23. The van der Waals surface area contributed by atoms with Gasteiger partial charge in [0, 0.05) is 0 Å². The van der Waals surface area contributed by atoms with Crippen LogP contribution in [0.1, 0.15) is 6.92 Å². The number of ether oxygens (including phenoxy) is 1. The number of hydrogen-bond donors (Lipinski definition) is 0. The zero-order valence-electron chi connectivity index (χ0n) is 9.86. The van der Waals surface area contributed by atoms with E-state index < -0.39 is 5.56 Å². The van der Waals surface area contributed by atoms with Gasteiger partial charge in [0.05, 0.1) is 28.5 Å². The first-order valence-electron chi connectivity index (χ1n) is 5.40. The Bertz CT molecular complexity index is 671. The van der Waals surface area contributed by atoms with Crippen LogP contribution in [0.4, 0.5) is 0 Å². The molecule has 1 aromatic carbocycles. The van der Waals surface area contributed by atoms with Crippen LogP contribution in [0.2, 0.25) is 15.1 Å². The summed E-state index contributed by atoms with van der Waals surface area (Å²) < 4.78 is 6.33. The lowest BCUT2D eigenvalue weighted by molar-refractivity contribution is 0.337. The summed E-state index contributed by atoms with van der Waals surface area (Å²) in [6, 6.07) is 4.74. The van der Waals surface area contributed by atoms with Crippen molar-refractivity contribution >= 4 is 34.8 Å². The van der Waals surface area contributed by atoms with Crippen LogP contribution in [0.25, 0.3) is 5.69 Å². The van der Waals surface area contributed by atoms with E-state index in [2.05, 4.69) is 5.10 Å². The van der Waals surface area contributed by atoms with Crippen molar-refractivity contribution in [2.24, 2.45) is 0 Å². The normalized spacial score (nSPS) is 10.5. The molecule has 4 nitrogen and oxygen atoms in total. The fraction of sp³-hybridized carbons (Fsp3) is 0.167. The highest BCUT2D eigenvalue weighted by Gasteiger charge is 2.12. The molecule has 100 valence electrons. The third-order valence-corrected chi connectivity index (χ3v) is 3.42. The van der Waals surface area contributed by atoms with Gasteiger partial charge in [-0.05, 0) is 25.1 Å². The van der Waals surface area contributed by atoms with E-state index in [0.717, 1.165) is 4.68 Å². The molecule has 0 N–H and O–H groups in total. The van der Waals surface area contributed by atoms with Crippen LogP contribution in [0.5, 0.6) is 5.75 Å². The number of aromatic nitrogens is 2. The van der Waals surface area contributed by atoms with Crippen molar-refractivity contribution in [3.8, 4) is 11.4 Å². The van der Waals surface area contributed by atoms with Crippen molar-refractivity contribution in [1.29, 1.82) is 0 Å². The van der Waals surface area contributed by atoms with Gasteiger partial charge in [-0.15, -0.1) is 0 Å². The van der Waals surface area contributed by atoms with Gasteiger partial charge in [0.15, 0.2) is 10.8 Å². The van der Waals surface area contributed by atoms with Crippen LogP contribution in [-0.4, -0.2) is 16.4 Å². The summed E-state index contributed by atoms with van der Waals surface area (Å²) in [5.41, 5.74) is -0.00430. The molecule has 0 aliphatic heterocycles. The zero-order valence-corrected chi connectivity index (χ0v) is 12.1. The molecule has 0 unspecified atom stereocenters. The van der Waals surface area contributed by atoms with Crippen LogP contribution in [0.3, 0.4) is 0 Å². The Balaban J connectivity index is 2.54. The van der Waals surface area contributed by atoms with E-state index in [-0.39, 0.29) is 10.8 Å². The minimum atomic E-state index is -0.481. The molecule has 0 saturated carbocycles. The first-order valence-corrected chi connectivity index (χ1v) is 6.54. The molecule has 0 atom stereocenters. The minimum absolute atomic E-state index is 0.0251. The SMILES string of the molecule is CCOc1cnn(-c2ccc(Cl)c(Cl)c2)c(=O)c1Cl. The number of benzene rings is 1. The quantitative estimate of drug-likeness (QED) is 0.868. The molecule has 19 heavy (non-hydrogen) atoms. The van der Waals surface area contributed by atoms with Crippen molar-refractivity contribution in [2.75, 3.05) is 6.61 Å². The van der Waals surface area contributed by atoms with Crippen molar-refractivity contribution in [3.63, 3.8) is 0 Å². The minimum Gasteiger partial charge on any atom is -0.490 e. The van der Waals surface area contributed by atoms with E-state index in [9.17, 15) is 4.79 Å². The maximum absolute atomic E-state index is 12.1. The maximum Gasteiger partial charge on any atom is 0.294 e. The summed E-state index contributed by atoms with van der Waals surface area (Å²) >= 11 is 17.7. The van der Waals surface area contributed by atoms with Gasteiger partial charge in [0.2, 0.25) is 0 Å². The molecule has 0 spiro atoms. The van der Waals surface area contributed by atoms with Gasteiger partial charge in [-0.2, -0.15) is 9.78 Å². The summed E-state index contributed by atoms with van der Waals surface area (Å²) in [7, 11) is 0. The van der Waals surface area contributed by atoms with Crippen molar-refractivity contribution in [3.05, 3.63) is 49.8 Å². The molecular weight excluding hydrogens is 311 g/mol. The second-order valence-corrected chi connectivity index (χ2v) is 4.76. The third kappa shape index (κ3) is 2.86. The first-order chi connectivity index (χ1) is 9.04. The number of nitrogens with zero attached hydrogens (tertiary/aromatic N) is 2. The van der Waals surface area contributed by atoms with Crippen LogP contribution in [0, 0.1) is 0 Å². The molecule has 0 saturated heterocycles. The Morgan fingerprint density at radius 3 is 2.63 bits per heavy atom. The number of rotatable bonds is 3. The van der Waals surface area contributed by atoms with Crippen molar-refractivity contribution in [2.45, 2.75) is 6.92 Å². The molecule has 0 amide bonds. The highest BCUT2D eigenvalue weighted by molar-refractivity contribution is 6.42. The Morgan fingerprint density at radius 2 is 2.00 bits per heavy atom. The van der Waals surface area contributed by atoms with Crippen molar-refractivity contribution in [1.82, 2.24) is 9.78 Å². The molecule has 2 aromatic rings. The monoisotopic (exact) mass is 318 g/mol. The average molecular weight is 320 g/mol. The van der Waals surface area contributed by atoms with Gasteiger partial charge in [0.25, 0.3) is 5.56 Å². The Morgan fingerprint density at radius 1 is 1.26 bits per heavy atom. The lowest BCUT2D eigenvalue weighted by Crippen LogP contribution is -2.22. The van der Waals surface area contributed by atoms with E-state index in [1.807, 2.05) is 0 Å². The van der Waals surface area contributed by atoms with Gasteiger partial charge in [0.1, 0.15) is 0 Å². The number of halogens is 3. The van der Waals surface area contributed by atoms with E-state index in [1.165, 1.54) is 12.3 Å². The van der Waals surface area contributed by atoms with Crippen molar-refractivity contribution < 1.29 is 4.74 Å². The standard InChI is InChI=1S/C12H9Cl3N2O2/c1-2-19-10-6-16-17(12(18)11(10)15)7-3-4-8(13)9(14)5-7/h3-6H,2H2,1H3. The van der Waals surface area contributed by atoms with Gasteiger partial charge >= 0.3 is 0 Å².